The summed E-state index contributed by atoms with van der Waals surface area (Å²) in [4.78, 5) is 41.7. The van der Waals surface area contributed by atoms with Gasteiger partial charge in [0.15, 0.2) is 0 Å². The van der Waals surface area contributed by atoms with E-state index in [2.05, 4.69) is 27.3 Å². The minimum Gasteiger partial charge on any atom is -0.497 e. The van der Waals surface area contributed by atoms with Crippen molar-refractivity contribution in [1.82, 2.24) is 20.2 Å². The summed E-state index contributed by atoms with van der Waals surface area (Å²) in [5.41, 5.74) is 4.83. The number of hydrogen-bond donors (Lipinski definition) is 4. The third-order valence-electron chi connectivity index (χ3n) is 5.03. The molecule has 1 amide bonds. The van der Waals surface area contributed by atoms with E-state index in [1.807, 2.05) is 17.1 Å². The molecule has 1 saturated heterocycles. The van der Waals surface area contributed by atoms with Crippen molar-refractivity contribution in [1.29, 1.82) is 0 Å². The molecule has 1 fully saturated rings. The van der Waals surface area contributed by atoms with Crippen molar-refractivity contribution in [3.8, 4) is 5.75 Å². The van der Waals surface area contributed by atoms with Crippen LogP contribution in [0.3, 0.4) is 0 Å². The van der Waals surface area contributed by atoms with Gasteiger partial charge in [-0.1, -0.05) is 12.1 Å². The second-order valence-corrected chi connectivity index (χ2v) is 6.97. The lowest BCUT2D eigenvalue weighted by atomic mass is 9.96. The number of nitrogens with one attached hydrogen (secondary N) is 3. The summed E-state index contributed by atoms with van der Waals surface area (Å²) in [6.07, 6.45) is 1.91. The van der Waals surface area contributed by atoms with Crippen molar-refractivity contribution < 1.29 is 9.53 Å². The molecule has 0 atom stereocenters. The number of nitrogens with zero attached hydrogens (tertiary/aromatic N) is 1. The number of H-pyrrole nitrogens is 2. The molecule has 1 aliphatic rings. The molecular formula is C19H25N5O4. The Hall–Kier alpha value is -3.07. The molecule has 0 spiro atoms. The number of nitrogens with two attached hydrogens (primary N) is 1. The first-order valence-electron chi connectivity index (χ1n) is 9.22. The van der Waals surface area contributed by atoms with Crippen molar-refractivity contribution in [3.05, 3.63) is 56.4 Å². The van der Waals surface area contributed by atoms with Crippen LogP contribution in [-0.2, 0) is 6.54 Å². The summed E-state index contributed by atoms with van der Waals surface area (Å²) >= 11 is 0. The van der Waals surface area contributed by atoms with Crippen LogP contribution in [0.2, 0.25) is 0 Å². The average molecular weight is 387 g/mol. The Balaban J connectivity index is 1.47. The van der Waals surface area contributed by atoms with Gasteiger partial charge in [-0.05, 0) is 49.5 Å². The maximum absolute atomic E-state index is 12.2. The van der Waals surface area contributed by atoms with E-state index in [1.165, 1.54) is 5.56 Å². The first kappa shape index (κ1) is 19.7. The molecule has 0 saturated carbocycles. The minimum absolute atomic E-state index is 0.189. The molecule has 2 heterocycles. The lowest BCUT2D eigenvalue weighted by molar-refractivity contribution is 0.0930. The standard InChI is InChI=1S/C19H25N5O4/c1-28-14-4-2-13(3-5-14)11-24-8-6-12(7-9-24)10-21-18(26)16-15(20)17(25)23-19(27)22-16/h2-5,12H,6-11,20H2,1H3,(H,21,26)(H2,22,23,25,27). The van der Waals surface area contributed by atoms with Crippen molar-refractivity contribution >= 4 is 11.6 Å². The Bertz CT molecular complexity index is 927. The number of aromatic nitrogens is 2. The van der Waals surface area contributed by atoms with E-state index in [4.69, 9.17) is 10.5 Å². The van der Waals surface area contributed by atoms with E-state index in [-0.39, 0.29) is 11.4 Å². The van der Waals surface area contributed by atoms with Crippen LogP contribution in [0.4, 0.5) is 5.69 Å². The molecule has 9 nitrogen and oxygen atoms in total. The van der Waals surface area contributed by atoms with E-state index >= 15 is 0 Å². The predicted octanol–water partition coefficient (Wildman–Crippen LogP) is 0.296. The van der Waals surface area contributed by atoms with Crippen LogP contribution in [0.15, 0.2) is 33.9 Å². The third-order valence-corrected chi connectivity index (χ3v) is 5.03. The van der Waals surface area contributed by atoms with Gasteiger partial charge in [-0.25, -0.2) is 4.79 Å². The SMILES string of the molecule is COc1ccc(CN2CCC(CNC(=O)c3[nH]c(=O)[nH]c(=O)c3N)CC2)cc1. The largest absolute Gasteiger partial charge is 0.497 e. The first-order chi connectivity index (χ1) is 13.5. The quantitative estimate of drug-likeness (QED) is 0.563. The number of piperidine rings is 1. The number of likely N-dealkylation sites (tertiary alicyclic amines) is 1. The summed E-state index contributed by atoms with van der Waals surface area (Å²) in [6.45, 7) is 3.24. The molecule has 0 unspecified atom stereocenters. The molecule has 0 aliphatic carbocycles. The number of hydrogen-bond acceptors (Lipinski definition) is 6. The Morgan fingerprint density at radius 2 is 1.89 bits per heavy atom. The molecule has 9 heteroatoms. The highest BCUT2D eigenvalue weighted by Gasteiger charge is 2.21. The number of anilines is 1. The van der Waals surface area contributed by atoms with Crippen molar-refractivity contribution in [2.24, 2.45) is 5.92 Å². The van der Waals surface area contributed by atoms with E-state index in [9.17, 15) is 14.4 Å². The topological polar surface area (TPSA) is 133 Å². The molecule has 2 aromatic rings. The predicted molar refractivity (Wildman–Crippen MR) is 105 cm³/mol. The second-order valence-electron chi connectivity index (χ2n) is 6.97. The van der Waals surface area contributed by atoms with Gasteiger partial charge in [0, 0.05) is 13.1 Å². The van der Waals surface area contributed by atoms with Gasteiger partial charge in [-0.2, -0.15) is 0 Å². The molecule has 3 rings (SSSR count). The van der Waals surface area contributed by atoms with Crippen LogP contribution in [-0.4, -0.2) is 47.5 Å². The van der Waals surface area contributed by atoms with Gasteiger partial charge in [-0.15, -0.1) is 0 Å². The fourth-order valence-corrected chi connectivity index (χ4v) is 3.34. The van der Waals surface area contributed by atoms with Gasteiger partial charge < -0.3 is 20.8 Å². The zero-order valence-electron chi connectivity index (χ0n) is 15.8. The summed E-state index contributed by atoms with van der Waals surface area (Å²) in [5.74, 6) is 0.646. The van der Waals surface area contributed by atoms with Crippen LogP contribution in [0.5, 0.6) is 5.75 Å². The minimum atomic E-state index is -0.763. The zero-order chi connectivity index (χ0) is 20.1. The summed E-state index contributed by atoms with van der Waals surface area (Å²) in [6, 6.07) is 8.06. The van der Waals surface area contributed by atoms with Crippen LogP contribution in [0.25, 0.3) is 0 Å². The highest BCUT2D eigenvalue weighted by atomic mass is 16.5. The van der Waals surface area contributed by atoms with Crippen molar-refractivity contribution in [2.45, 2.75) is 19.4 Å². The van der Waals surface area contributed by atoms with Crippen LogP contribution in [0, 0.1) is 5.92 Å². The number of carbonyl (C=O) groups excluding carboxylic acids is 1. The first-order valence-corrected chi connectivity index (χ1v) is 9.22. The van der Waals surface area contributed by atoms with E-state index in [1.54, 1.807) is 7.11 Å². The van der Waals surface area contributed by atoms with Gasteiger partial charge in [0.05, 0.1) is 7.11 Å². The number of methoxy groups -OCH3 is 1. The Morgan fingerprint density at radius 1 is 1.21 bits per heavy atom. The fourth-order valence-electron chi connectivity index (χ4n) is 3.34. The number of aromatic amines is 2. The van der Waals surface area contributed by atoms with E-state index in [0.717, 1.165) is 38.2 Å². The van der Waals surface area contributed by atoms with Crippen molar-refractivity contribution in [3.63, 3.8) is 0 Å². The molecule has 0 radical (unpaired) electrons. The fraction of sp³-hybridized carbons (Fsp3) is 0.421. The normalized spacial score (nSPS) is 15.3. The number of nitrogen functional groups attached to an aromatic ring is 1. The highest BCUT2D eigenvalue weighted by Crippen LogP contribution is 2.20. The number of amides is 1. The summed E-state index contributed by atoms with van der Waals surface area (Å²) in [5, 5.41) is 2.77. The van der Waals surface area contributed by atoms with Gasteiger partial charge in [0.2, 0.25) is 0 Å². The molecule has 1 aliphatic heterocycles. The average Bonchev–Trinajstić information content (AvgIpc) is 2.70. The zero-order valence-corrected chi connectivity index (χ0v) is 15.8. The van der Waals surface area contributed by atoms with Gasteiger partial charge in [-0.3, -0.25) is 19.5 Å². The second kappa shape index (κ2) is 8.75. The van der Waals surface area contributed by atoms with E-state index in [0.29, 0.717) is 12.5 Å². The van der Waals surface area contributed by atoms with E-state index < -0.39 is 17.2 Å². The van der Waals surface area contributed by atoms with Gasteiger partial charge >= 0.3 is 5.69 Å². The Morgan fingerprint density at radius 3 is 2.54 bits per heavy atom. The summed E-state index contributed by atoms with van der Waals surface area (Å²) < 4.78 is 5.18. The molecule has 0 bridgehead atoms. The molecule has 28 heavy (non-hydrogen) atoms. The Kier molecular flexibility index (Phi) is 6.15. The number of rotatable bonds is 6. The number of benzene rings is 1. The highest BCUT2D eigenvalue weighted by molar-refractivity contribution is 5.96. The molecule has 5 N–H and O–H groups in total. The molecular weight excluding hydrogens is 362 g/mol. The van der Waals surface area contributed by atoms with Crippen molar-refractivity contribution in [2.75, 3.05) is 32.5 Å². The van der Waals surface area contributed by atoms with Crippen LogP contribution in [0.1, 0.15) is 28.9 Å². The van der Waals surface area contributed by atoms with Crippen LogP contribution < -0.4 is 27.0 Å². The third kappa shape index (κ3) is 4.80. The maximum atomic E-state index is 12.2. The Labute approximate surface area is 161 Å². The number of ether oxygens (including phenoxy) is 1. The van der Waals surface area contributed by atoms with Gasteiger partial charge in [0.25, 0.3) is 11.5 Å². The summed E-state index contributed by atoms with van der Waals surface area (Å²) in [7, 11) is 1.65. The monoisotopic (exact) mass is 387 g/mol. The lowest BCUT2D eigenvalue weighted by Gasteiger charge is -2.32. The molecule has 1 aromatic carbocycles. The lowest BCUT2D eigenvalue weighted by Crippen LogP contribution is -2.39. The number of carbonyl (C=O) groups is 1. The molecule has 150 valence electrons. The van der Waals surface area contributed by atoms with Gasteiger partial charge in [0.1, 0.15) is 17.1 Å². The van der Waals surface area contributed by atoms with Crippen LogP contribution >= 0.6 is 0 Å². The smallest absolute Gasteiger partial charge is 0.326 e. The molecule has 1 aromatic heterocycles. The maximum Gasteiger partial charge on any atom is 0.326 e.